The van der Waals surface area contributed by atoms with E-state index < -0.39 is 10.0 Å². The molecule has 32 heavy (non-hydrogen) atoms. The van der Waals surface area contributed by atoms with E-state index in [0.29, 0.717) is 11.6 Å². The van der Waals surface area contributed by atoms with Crippen molar-refractivity contribution in [2.24, 2.45) is 0 Å². The topological polar surface area (TPSA) is 66.5 Å². The highest BCUT2D eigenvalue weighted by atomic mass is 32.2. The Morgan fingerprint density at radius 2 is 1.38 bits per heavy atom. The van der Waals surface area contributed by atoms with Crippen molar-refractivity contribution in [3.8, 4) is 0 Å². The number of aryl methyl sites for hydroxylation is 1. The van der Waals surface area contributed by atoms with Crippen molar-refractivity contribution in [2.75, 3.05) is 17.1 Å². The van der Waals surface area contributed by atoms with Crippen LogP contribution in [0, 0.1) is 6.92 Å². The Morgan fingerprint density at radius 1 is 0.844 bits per heavy atom. The lowest BCUT2D eigenvalue weighted by Crippen LogP contribution is -2.41. The molecular weight excluding hydrogens is 420 g/mol. The minimum absolute atomic E-state index is 0.297. The summed E-state index contributed by atoms with van der Waals surface area (Å²) < 4.78 is 26.1. The van der Waals surface area contributed by atoms with Crippen LogP contribution in [-0.2, 0) is 14.8 Å². The molecule has 1 atom stereocenters. The zero-order valence-electron chi connectivity index (χ0n) is 18.9. The third-order valence-electron chi connectivity index (χ3n) is 5.38. The van der Waals surface area contributed by atoms with Crippen molar-refractivity contribution in [3.63, 3.8) is 0 Å². The maximum absolute atomic E-state index is 13.1. The number of hydrogen-bond donors (Lipinski definition) is 1. The SMILES string of the molecule is Cc1ccc([C@H](NC(=O)CN(c2ccc(C(C)C)cc2)S(C)(=O)=O)c2ccccc2)cc1. The quantitative estimate of drug-likeness (QED) is 0.537. The molecule has 1 N–H and O–H groups in total. The van der Waals surface area contributed by atoms with Gasteiger partial charge >= 0.3 is 0 Å². The highest BCUT2D eigenvalue weighted by Crippen LogP contribution is 2.24. The molecule has 3 aromatic carbocycles. The maximum Gasteiger partial charge on any atom is 0.241 e. The van der Waals surface area contributed by atoms with Gasteiger partial charge in [0.05, 0.1) is 18.0 Å². The van der Waals surface area contributed by atoms with Gasteiger partial charge in [0, 0.05) is 0 Å². The molecule has 0 radical (unpaired) electrons. The molecule has 1 amide bonds. The largest absolute Gasteiger partial charge is 0.344 e. The van der Waals surface area contributed by atoms with Crippen LogP contribution in [-0.4, -0.2) is 27.1 Å². The zero-order chi connectivity index (χ0) is 23.3. The zero-order valence-corrected chi connectivity index (χ0v) is 19.8. The van der Waals surface area contributed by atoms with Gasteiger partial charge in [-0.1, -0.05) is 86.1 Å². The Bertz CT molecular complexity index is 1140. The van der Waals surface area contributed by atoms with Gasteiger partial charge in [-0.05, 0) is 41.7 Å². The van der Waals surface area contributed by atoms with Crippen molar-refractivity contribution in [3.05, 3.63) is 101 Å². The van der Waals surface area contributed by atoms with E-state index in [1.165, 1.54) is 0 Å². The Hall–Kier alpha value is -3.12. The number of carbonyl (C=O) groups is 1. The van der Waals surface area contributed by atoms with Crippen LogP contribution in [0.25, 0.3) is 0 Å². The van der Waals surface area contributed by atoms with Crippen LogP contribution in [0.4, 0.5) is 5.69 Å². The number of benzene rings is 3. The maximum atomic E-state index is 13.1. The lowest BCUT2D eigenvalue weighted by Gasteiger charge is -2.25. The Morgan fingerprint density at radius 3 is 1.91 bits per heavy atom. The summed E-state index contributed by atoms with van der Waals surface area (Å²) in [5.41, 5.74) is 4.56. The average Bonchev–Trinajstić information content (AvgIpc) is 2.76. The van der Waals surface area contributed by atoms with E-state index in [9.17, 15) is 13.2 Å². The molecule has 0 fully saturated rings. The van der Waals surface area contributed by atoms with Crippen LogP contribution in [0.5, 0.6) is 0 Å². The third-order valence-corrected chi connectivity index (χ3v) is 6.52. The molecule has 0 heterocycles. The third kappa shape index (κ3) is 5.98. The van der Waals surface area contributed by atoms with E-state index in [2.05, 4.69) is 19.2 Å². The number of amides is 1. The van der Waals surface area contributed by atoms with Gasteiger partial charge in [0.25, 0.3) is 0 Å². The van der Waals surface area contributed by atoms with Crippen molar-refractivity contribution in [1.82, 2.24) is 5.32 Å². The molecule has 0 aromatic heterocycles. The summed E-state index contributed by atoms with van der Waals surface area (Å²) in [5, 5.41) is 3.03. The summed E-state index contributed by atoms with van der Waals surface area (Å²) in [4.78, 5) is 13.1. The number of rotatable bonds is 8. The average molecular weight is 451 g/mol. The molecule has 0 aliphatic carbocycles. The number of hydrogen-bond acceptors (Lipinski definition) is 3. The van der Waals surface area contributed by atoms with E-state index in [-0.39, 0.29) is 18.5 Å². The van der Waals surface area contributed by atoms with Gasteiger partial charge in [-0.15, -0.1) is 0 Å². The fourth-order valence-corrected chi connectivity index (χ4v) is 4.38. The molecule has 3 aromatic rings. The standard InChI is InChI=1S/C26H30N2O3S/c1-19(2)21-14-16-24(17-15-21)28(32(4,30)31)18-25(29)27-26(22-8-6-5-7-9-22)23-12-10-20(3)11-13-23/h5-17,19,26H,18H2,1-4H3,(H,27,29)/t26-/m1/s1. The lowest BCUT2D eigenvalue weighted by molar-refractivity contribution is -0.120. The van der Waals surface area contributed by atoms with E-state index in [1.54, 1.807) is 12.1 Å². The number of carbonyl (C=O) groups excluding carboxylic acids is 1. The van der Waals surface area contributed by atoms with Crippen LogP contribution in [0.1, 0.15) is 48.1 Å². The van der Waals surface area contributed by atoms with E-state index in [0.717, 1.165) is 32.8 Å². The van der Waals surface area contributed by atoms with Crippen LogP contribution < -0.4 is 9.62 Å². The monoisotopic (exact) mass is 450 g/mol. The molecule has 0 aliphatic heterocycles. The van der Waals surface area contributed by atoms with Gasteiger partial charge in [-0.3, -0.25) is 9.10 Å². The van der Waals surface area contributed by atoms with Crippen LogP contribution >= 0.6 is 0 Å². The first-order valence-electron chi connectivity index (χ1n) is 10.6. The van der Waals surface area contributed by atoms with E-state index in [4.69, 9.17) is 0 Å². The molecule has 0 unspecified atom stereocenters. The fraction of sp³-hybridized carbons (Fsp3) is 0.269. The smallest absolute Gasteiger partial charge is 0.241 e. The molecule has 0 saturated heterocycles. The second-order valence-corrected chi connectivity index (χ2v) is 10.2. The molecule has 168 valence electrons. The van der Waals surface area contributed by atoms with Gasteiger partial charge in [0.15, 0.2) is 0 Å². The molecule has 5 nitrogen and oxygen atoms in total. The number of nitrogens with one attached hydrogen (secondary N) is 1. The van der Waals surface area contributed by atoms with Crippen LogP contribution in [0.15, 0.2) is 78.9 Å². The van der Waals surface area contributed by atoms with Gasteiger partial charge < -0.3 is 5.32 Å². The predicted octanol–water partition coefficient (Wildman–Crippen LogP) is 4.79. The molecule has 6 heteroatoms. The summed E-state index contributed by atoms with van der Waals surface area (Å²) in [6, 6.07) is 24.5. The predicted molar refractivity (Wildman–Crippen MR) is 130 cm³/mol. The Balaban J connectivity index is 1.86. The Labute approximate surface area is 191 Å². The summed E-state index contributed by atoms with van der Waals surface area (Å²) in [5.74, 6) is -0.0436. The van der Waals surface area contributed by atoms with Gasteiger partial charge in [-0.25, -0.2) is 8.42 Å². The number of nitrogens with zero attached hydrogens (tertiary/aromatic N) is 1. The van der Waals surface area contributed by atoms with Crippen LogP contribution in [0.2, 0.25) is 0 Å². The van der Waals surface area contributed by atoms with Crippen molar-refractivity contribution in [2.45, 2.75) is 32.7 Å². The lowest BCUT2D eigenvalue weighted by atomic mass is 9.98. The van der Waals surface area contributed by atoms with Gasteiger partial charge in [0.2, 0.25) is 15.9 Å². The van der Waals surface area contributed by atoms with Crippen molar-refractivity contribution in [1.29, 1.82) is 0 Å². The normalized spacial score (nSPS) is 12.4. The molecule has 0 aliphatic rings. The molecular formula is C26H30N2O3S. The van der Waals surface area contributed by atoms with Crippen molar-refractivity contribution >= 4 is 21.6 Å². The minimum atomic E-state index is -3.64. The second-order valence-electron chi connectivity index (χ2n) is 8.34. The van der Waals surface area contributed by atoms with Gasteiger partial charge in [0.1, 0.15) is 6.54 Å². The first-order valence-corrected chi connectivity index (χ1v) is 12.5. The highest BCUT2D eigenvalue weighted by Gasteiger charge is 2.24. The fourth-order valence-electron chi connectivity index (χ4n) is 3.53. The first kappa shape index (κ1) is 23.5. The minimum Gasteiger partial charge on any atom is -0.344 e. The molecule has 3 rings (SSSR count). The highest BCUT2D eigenvalue weighted by molar-refractivity contribution is 7.92. The second kappa shape index (κ2) is 10.0. The first-order chi connectivity index (χ1) is 15.1. The van der Waals surface area contributed by atoms with Crippen molar-refractivity contribution < 1.29 is 13.2 Å². The molecule has 0 spiro atoms. The van der Waals surface area contributed by atoms with Gasteiger partial charge in [-0.2, -0.15) is 0 Å². The van der Waals surface area contributed by atoms with E-state index in [1.807, 2.05) is 73.7 Å². The number of sulfonamides is 1. The molecule has 0 bridgehead atoms. The number of anilines is 1. The Kier molecular flexibility index (Phi) is 7.36. The summed E-state index contributed by atoms with van der Waals surface area (Å²) in [7, 11) is -3.64. The summed E-state index contributed by atoms with van der Waals surface area (Å²) >= 11 is 0. The molecule has 0 saturated carbocycles. The van der Waals surface area contributed by atoms with E-state index >= 15 is 0 Å². The van der Waals surface area contributed by atoms with Crippen LogP contribution in [0.3, 0.4) is 0 Å². The summed E-state index contributed by atoms with van der Waals surface area (Å²) in [6.07, 6.45) is 1.12. The summed E-state index contributed by atoms with van der Waals surface area (Å²) in [6.45, 7) is 5.86.